The fourth-order valence-electron chi connectivity index (χ4n) is 2.34. The Kier molecular flexibility index (Phi) is 2.36. The van der Waals surface area contributed by atoms with Gasteiger partial charge in [0, 0.05) is 6.04 Å². The summed E-state index contributed by atoms with van der Waals surface area (Å²) >= 11 is 0. The first kappa shape index (κ1) is 9.73. The van der Waals surface area contributed by atoms with Crippen molar-refractivity contribution < 1.29 is 20.1 Å². The van der Waals surface area contributed by atoms with Crippen molar-refractivity contribution in [1.82, 2.24) is 4.90 Å². The lowest BCUT2D eigenvalue weighted by atomic mass is 10.1. The molecule has 1 aliphatic heterocycles. The summed E-state index contributed by atoms with van der Waals surface area (Å²) in [5.74, 6) is 0.400. The van der Waals surface area contributed by atoms with Gasteiger partial charge in [-0.3, -0.25) is 4.90 Å². The molecule has 80 valence electrons. The van der Waals surface area contributed by atoms with E-state index in [1.807, 2.05) is 0 Å². The molecule has 2 fully saturated rings. The lowest BCUT2D eigenvalue weighted by molar-refractivity contribution is 0.0588. The quantitative estimate of drug-likeness (QED) is 0.581. The Morgan fingerprint density at radius 2 is 2.07 bits per heavy atom. The van der Waals surface area contributed by atoms with Gasteiger partial charge in [0.25, 0.3) is 0 Å². The summed E-state index contributed by atoms with van der Waals surface area (Å²) in [7, 11) is 0. The van der Waals surface area contributed by atoms with Crippen molar-refractivity contribution in [3.8, 4) is 0 Å². The summed E-state index contributed by atoms with van der Waals surface area (Å²) in [6, 6.07) is -0.710. The summed E-state index contributed by atoms with van der Waals surface area (Å²) < 4.78 is 0. The summed E-state index contributed by atoms with van der Waals surface area (Å²) in [5, 5.41) is 27.6. The molecule has 3 unspecified atom stereocenters. The Balaban J connectivity index is 2.14. The van der Waals surface area contributed by atoms with Gasteiger partial charge in [-0.1, -0.05) is 0 Å². The molecule has 5 heteroatoms. The third-order valence-corrected chi connectivity index (χ3v) is 3.22. The van der Waals surface area contributed by atoms with Crippen molar-refractivity contribution >= 4 is 6.09 Å². The molecule has 0 spiro atoms. The number of amides is 1. The van der Waals surface area contributed by atoms with E-state index in [2.05, 4.69) is 0 Å². The zero-order valence-electron chi connectivity index (χ0n) is 7.83. The van der Waals surface area contributed by atoms with E-state index < -0.39 is 18.2 Å². The zero-order chi connectivity index (χ0) is 10.3. The minimum Gasteiger partial charge on any atom is -0.465 e. The number of aliphatic hydroxyl groups excluding tert-OH is 2. The van der Waals surface area contributed by atoms with Crippen molar-refractivity contribution in [3.63, 3.8) is 0 Å². The zero-order valence-corrected chi connectivity index (χ0v) is 7.83. The van der Waals surface area contributed by atoms with Crippen LogP contribution < -0.4 is 0 Å². The Morgan fingerprint density at radius 1 is 1.43 bits per heavy atom. The lowest BCUT2D eigenvalue weighted by Gasteiger charge is -2.26. The van der Waals surface area contributed by atoms with Crippen LogP contribution in [0.15, 0.2) is 0 Å². The summed E-state index contributed by atoms with van der Waals surface area (Å²) in [6.45, 7) is -0.295. The van der Waals surface area contributed by atoms with Crippen molar-refractivity contribution in [2.24, 2.45) is 5.92 Å². The first-order chi connectivity index (χ1) is 6.65. The van der Waals surface area contributed by atoms with Crippen LogP contribution in [0.1, 0.15) is 19.3 Å². The van der Waals surface area contributed by atoms with Crippen LogP contribution in [-0.4, -0.2) is 51.1 Å². The van der Waals surface area contributed by atoms with Crippen LogP contribution in [0.5, 0.6) is 0 Å². The first-order valence-corrected chi connectivity index (χ1v) is 4.95. The van der Waals surface area contributed by atoms with Gasteiger partial charge in [-0.25, -0.2) is 4.79 Å². The molecular formula is C9H15NO4. The number of hydrogen-bond acceptors (Lipinski definition) is 3. The summed E-state index contributed by atoms with van der Waals surface area (Å²) in [5.41, 5.74) is 0. The van der Waals surface area contributed by atoms with E-state index in [0.29, 0.717) is 12.3 Å². The van der Waals surface area contributed by atoms with Gasteiger partial charge in [0.05, 0.1) is 18.8 Å². The Bertz CT molecular complexity index is 241. The highest BCUT2D eigenvalue weighted by molar-refractivity contribution is 5.66. The monoisotopic (exact) mass is 201 g/mol. The van der Waals surface area contributed by atoms with Gasteiger partial charge >= 0.3 is 6.09 Å². The molecule has 1 saturated heterocycles. The second-order valence-electron chi connectivity index (χ2n) is 4.15. The third kappa shape index (κ3) is 1.46. The van der Waals surface area contributed by atoms with Gasteiger partial charge in [-0.05, 0) is 25.2 Å². The van der Waals surface area contributed by atoms with Crippen LogP contribution in [0.3, 0.4) is 0 Å². The van der Waals surface area contributed by atoms with Crippen molar-refractivity contribution in [3.05, 3.63) is 0 Å². The Labute approximate surface area is 82.0 Å². The van der Waals surface area contributed by atoms with E-state index in [-0.39, 0.29) is 12.6 Å². The molecule has 1 amide bonds. The summed E-state index contributed by atoms with van der Waals surface area (Å²) in [6.07, 6.45) is 0.820. The fraction of sp³-hybridized carbons (Fsp3) is 0.889. The number of nitrogens with zero attached hydrogens (tertiary/aromatic N) is 1. The van der Waals surface area contributed by atoms with Crippen LogP contribution in [0.2, 0.25) is 0 Å². The number of rotatable bonds is 2. The molecule has 2 aliphatic rings. The molecule has 3 atom stereocenters. The van der Waals surface area contributed by atoms with Gasteiger partial charge in [-0.15, -0.1) is 0 Å². The smallest absolute Gasteiger partial charge is 0.407 e. The molecule has 0 bridgehead atoms. The standard InChI is InChI=1S/C9H15NO4/c11-4-7-8(12)3-6(5-1-2-5)10(7)9(13)14/h5-8,11-12H,1-4H2,(H,13,14). The van der Waals surface area contributed by atoms with E-state index in [9.17, 15) is 9.90 Å². The normalized spacial score (nSPS) is 37.6. The predicted molar refractivity (Wildman–Crippen MR) is 47.9 cm³/mol. The van der Waals surface area contributed by atoms with Gasteiger partial charge in [-0.2, -0.15) is 0 Å². The minimum atomic E-state index is -1.03. The maximum atomic E-state index is 11.0. The topological polar surface area (TPSA) is 81.0 Å². The van der Waals surface area contributed by atoms with Gasteiger partial charge in [0.2, 0.25) is 0 Å². The van der Waals surface area contributed by atoms with Crippen LogP contribution in [0.25, 0.3) is 0 Å². The molecule has 1 saturated carbocycles. The average Bonchev–Trinajstić information content (AvgIpc) is 2.89. The minimum absolute atomic E-state index is 0.0837. The maximum Gasteiger partial charge on any atom is 0.407 e. The highest BCUT2D eigenvalue weighted by Gasteiger charge is 2.48. The molecule has 0 aromatic rings. The summed E-state index contributed by atoms with van der Waals surface area (Å²) in [4.78, 5) is 12.2. The van der Waals surface area contributed by atoms with Gasteiger partial charge < -0.3 is 15.3 Å². The molecule has 1 aliphatic carbocycles. The van der Waals surface area contributed by atoms with Crippen molar-refractivity contribution in [1.29, 1.82) is 0 Å². The molecule has 0 aromatic carbocycles. The molecule has 0 radical (unpaired) electrons. The van der Waals surface area contributed by atoms with Gasteiger partial charge in [0.15, 0.2) is 0 Å². The van der Waals surface area contributed by atoms with E-state index in [1.165, 1.54) is 4.90 Å². The van der Waals surface area contributed by atoms with E-state index in [4.69, 9.17) is 10.2 Å². The van der Waals surface area contributed by atoms with Crippen LogP contribution in [0, 0.1) is 5.92 Å². The molecule has 14 heavy (non-hydrogen) atoms. The first-order valence-electron chi connectivity index (χ1n) is 4.95. The molecule has 1 heterocycles. The molecular weight excluding hydrogens is 186 g/mol. The molecule has 5 nitrogen and oxygen atoms in total. The highest BCUT2D eigenvalue weighted by Crippen LogP contribution is 2.42. The van der Waals surface area contributed by atoms with Crippen molar-refractivity contribution in [2.75, 3.05) is 6.61 Å². The van der Waals surface area contributed by atoms with Crippen LogP contribution >= 0.6 is 0 Å². The second kappa shape index (κ2) is 3.40. The lowest BCUT2D eigenvalue weighted by Crippen LogP contribution is -2.45. The number of likely N-dealkylation sites (tertiary alicyclic amines) is 1. The Morgan fingerprint density at radius 3 is 2.50 bits per heavy atom. The third-order valence-electron chi connectivity index (χ3n) is 3.22. The molecule has 0 aromatic heterocycles. The van der Waals surface area contributed by atoms with E-state index in [0.717, 1.165) is 12.8 Å². The van der Waals surface area contributed by atoms with Crippen LogP contribution in [0.4, 0.5) is 4.79 Å². The Hall–Kier alpha value is -0.810. The van der Waals surface area contributed by atoms with Crippen LogP contribution in [-0.2, 0) is 0 Å². The largest absolute Gasteiger partial charge is 0.465 e. The van der Waals surface area contributed by atoms with Crippen molar-refractivity contribution in [2.45, 2.75) is 37.5 Å². The number of hydrogen-bond donors (Lipinski definition) is 3. The van der Waals surface area contributed by atoms with E-state index in [1.54, 1.807) is 0 Å². The molecule has 2 rings (SSSR count). The number of carbonyl (C=O) groups is 1. The fourth-order valence-corrected chi connectivity index (χ4v) is 2.34. The van der Waals surface area contributed by atoms with Gasteiger partial charge in [0.1, 0.15) is 0 Å². The predicted octanol–water partition coefficient (Wildman–Crippen LogP) is -0.130. The average molecular weight is 201 g/mol. The number of carboxylic acid groups (broad SMARTS) is 1. The molecule has 3 N–H and O–H groups in total. The second-order valence-corrected chi connectivity index (χ2v) is 4.15. The number of aliphatic hydroxyl groups is 2. The van der Waals surface area contributed by atoms with E-state index >= 15 is 0 Å². The maximum absolute atomic E-state index is 11.0. The SMILES string of the molecule is O=C(O)N1C(CO)C(O)CC1C1CC1. The highest BCUT2D eigenvalue weighted by atomic mass is 16.4.